The molecule has 3 atom stereocenters. The fourth-order valence-electron chi connectivity index (χ4n) is 3.38. The van der Waals surface area contributed by atoms with E-state index in [1.54, 1.807) is 13.8 Å². The Bertz CT molecular complexity index is 544. The lowest BCUT2D eigenvalue weighted by Crippen LogP contribution is -2.58. The molecule has 1 heterocycles. The number of unbranched alkanes of at least 4 members (excludes halogenated alkanes) is 2. The highest BCUT2D eigenvalue weighted by atomic mass is 32.2. The maximum absolute atomic E-state index is 12.9. The van der Waals surface area contributed by atoms with Gasteiger partial charge in [-0.25, -0.2) is 4.79 Å². The molecule has 0 spiro atoms. The van der Waals surface area contributed by atoms with E-state index in [-0.39, 0.29) is 12.5 Å². The van der Waals surface area contributed by atoms with Crippen molar-refractivity contribution in [1.29, 1.82) is 0 Å². The van der Waals surface area contributed by atoms with Crippen molar-refractivity contribution in [3.8, 4) is 0 Å². The predicted molar refractivity (Wildman–Crippen MR) is 115 cm³/mol. The number of hydrogen-bond acceptors (Lipinski definition) is 8. The third-order valence-corrected chi connectivity index (χ3v) is 5.89. The van der Waals surface area contributed by atoms with Gasteiger partial charge < -0.3 is 14.4 Å². The number of ether oxygens (including phenoxy) is 2. The zero-order valence-electron chi connectivity index (χ0n) is 17.3. The normalized spacial score (nSPS) is 19.2. The molecule has 1 aliphatic rings. The minimum absolute atomic E-state index is 0.225. The van der Waals surface area contributed by atoms with Gasteiger partial charge in [0.1, 0.15) is 12.1 Å². The molecule has 1 N–H and O–H groups in total. The molecule has 0 aliphatic carbocycles. The predicted octanol–water partition coefficient (Wildman–Crippen LogP) is 2.20. The second-order valence-corrected chi connectivity index (χ2v) is 9.07. The first-order valence-electron chi connectivity index (χ1n) is 9.95. The highest BCUT2D eigenvalue weighted by molar-refractivity contribution is 8.00. The van der Waals surface area contributed by atoms with E-state index in [9.17, 15) is 14.4 Å². The fraction of sp³-hybridized carbons (Fsp3) is 0.842. The average molecular weight is 435 g/mol. The molecule has 1 saturated heterocycles. The van der Waals surface area contributed by atoms with Crippen LogP contribution in [-0.4, -0.2) is 65.2 Å². The Morgan fingerprint density at radius 3 is 2.50 bits per heavy atom. The number of nitrogens with one attached hydrogen (secondary N) is 1. The van der Waals surface area contributed by atoms with Crippen LogP contribution in [0.1, 0.15) is 59.3 Å². The van der Waals surface area contributed by atoms with Gasteiger partial charge in [-0.1, -0.05) is 26.2 Å². The van der Waals surface area contributed by atoms with E-state index >= 15 is 0 Å². The van der Waals surface area contributed by atoms with E-state index in [0.717, 1.165) is 25.7 Å². The number of amides is 1. The Morgan fingerprint density at radius 1 is 1.25 bits per heavy atom. The number of rotatable bonds is 11. The molecular formula is C19H34N2O5S2. The van der Waals surface area contributed by atoms with Gasteiger partial charge in [-0.05, 0) is 33.1 Å². The molecule has 28 heavy (non-hydrogen) atoms. The first-order valence-corrected chi connectivity index (χ1v) is 10.8. The largest absolute Gasteiger partial charge is 0.467 e. The smallest absolute Gasteiger partial charge is 0.328 e. The van der Waals surface area contributed by atoms with Crippen LogP contribution >= 0.6 is 25.3 Å². The summed E-state index contributed by atoms with van der Waals surface area (Å²) in [6.07, 6.45) is 4.79. The van der Waals surface area contributed by atoms with Gasteiger partial charge in [-0.3, -0.25) is 14.9 Å². The summed E-state index contributed by atoms with van der Waals surface area (Å²) in [6, 6.07) is -2.15. The van der Waals surface area contributed by atoms with Crippen molar-refractivity contribution in [2.75, 3.05) is 20.3 Å². The van der Waals surface area contributed by atoms with Crippen LogP contribution < -0.4 is 5.32 Å². The average Bonchev–Trinajstić information content (AvgIpc) is 3.14. The van der Waals surface area contributed by atoms with Gasteiger partial charge in [0.25, 0.3) is 0 Å². The number of methoxy groups -OCH3 is 1. The summed E-state index contributed by atoms with van der Waals surface area (Å²) in [5.74, 6) is -1.17. The minimum atomic E-state index is -0.970. The van der Waals surface area contributed by atoms with Crippen molar-refractivity contribution in [2.45, 2.75) is 81.5 Å². The van der Waals surface area contributed by atoms with E-state index in [0.29, 0.717) is 19.4 Å². The molecule has 0 bridgehead atoms. The van der Waals surface area contributed by atoms with Crippen molar-refractivity contribution in [3.05, 3.63) is 0 Å². The molecule has 0 saturated carbocycles. The molecule has 0 radical (unpaired) electrons. The van der Waals surface area contributed by atoms with Gasteiger partial charge in [0.15, 0.2) is 0 Å². The number of carbonyl (C=O) groups is 3. The first kappa shape index (κ1) is 25.1. The summed E-state index contributed by atoms with van der Waals surface area (Å²) in [4.78, 5) is 38.9. The van der Waals surface area contributed by atoms with E-state index in [4.69, 9.17) is 9.47 Å². The molecule has 0 aromatic carbocycles. The molecule has 162 valence electrons. The van der Waals surface area contributed by atoms with Gasteiger partial charge >= 0.3 is 11.9 Å². The number of carbonyl (C=O) groups excluding carboxylic acids is 3. The molecule has 7 nitrogen and oxygen atoms in total. The van der Waals surface area contributed by atoms with Crippen molar-refractivity contribution in [1.82, 2.24) is 10.2 Å². The van der Waals surface area contributed by atoms with Crippen LogP contribution in [0.15, 0.2) is 0 Å². The van der Waals surface area contributed by atoms with Crippen molar-refractivity contribution >= 4 is 43.1 Å². The zero-order valence-corrected chi connectivity index (χ0v) is 19.1. The number of esters is 2. The highest BCUT2D eigenvalue weighted by Crippen LogP contribution is 2.32. The van der Waals surface area contributed by atoms with Gasteiger partial charge in [0, 0.05) is 6.54 Å². The molecule has 0 aromatic rings. The lowest BCUT2D eigenvalue weighted by atomic mass is 10.0. The van der Waals surface area contributed by atoms with Crippen LogP contribution in [0.2, 0.25) is 0 Å². The van der Waals surface area contributed by atoms with E-state index in [1.807, 2.05) is 0 Å². The SMILES string of the molecule is CCCCCC(S)(S)[C@H](NC(C)C(=O)N1CCC[C@H]1C(=O)OC)C(=O)OCC. The molecule has 1 fully saturated rings. The standard InChI is InChI=1S/C19H34N2O5S2/c1-5-7-8-11-19(27,28)15(18(24)26-6-2)20-13(3)16(22)21-12-9-10-14(21)17(23)25-4/h13-15,20,27-28H,5-12H2,1-4H3/t13?,14-,15+/m0/s1. The first-order chi connectivity index (χ1) is 13.2. The van der Waals surface area contributed by atoms with Crippen LogP contribution in [0.5, 0.6) is 0 Å². The van der Waals surface area contributed by atoms with Crippen LogP contribution in [0.4, 0.5) is 0 Å². The number of nitrogens with zero attached hydrogens (tertiary/aromatic N) is 1. The van der Waals surface area contributed by atoms with Crippen molar-refractivity contribution < 1.29 is 23.9 Å². The van der Waals surface area contributed by atoms with E-state index in [1.165, 1.54) is 12.0 Å². The quantitative estimate of drug-likeness (QED) is 0.200. The Labute approximate surface area is 179 Å². The number of likely N-dealkylation sites (tertiary alicyclic amines) is 1. The van der Waals surface area contributed by atoms with Gasteiger partial charge in [-0.2, -0.15) is 25.3 Å². The Kier molecular flexibility index (Phi) is 10.7. The van der Waals surface area contributed by atoms with Crippen LogP contribution in [0, 0.1) is 0 Å². The molecule has 9 heteroatoms. The lowest BCUT2D eigenvalue weighted by Gasteiger charge is -2.34. The van der Waals surface area contributed by atoms with Crippen molar-refractivity contribution in [2.24, 2.45) is 0 Å². The molecular weight excluding hydrogens is 400 g/mol. The second kappa shape index (κ2) is 11.9. The third-order valence-electron chi connectivity index (χ3n) is 4.93. The monoisotopic (exact) mass is 434 g/mol. The summed E-state index contributed by atoms with van der Waals surface area (Å²) in [7, 11) is 1.31. The fourth-order valence-corrected chi connectivity index (χ4v) is 4.05. The molecule has 0 aromatic heterocycles. The second-order valence-electron chi connectivity index (χ2n) is 7.12. The summed E-state index contributed by atoms with van der Waals surface area (Å²) < 4.78 is 9.01. The molecule has 1 amide bonds. The summed E-state index contributed by atoms with van der Waals surface area (Å²) in [5.41, 5.74) is 0. The Balaban J connectivity index is 2.90. The van der Waals surface area contributed by atoms with E-state index < -0.39 is 34.1 Å². The third kappa shape index (κ3) is 6.84. The molecule has 1 unspecified atom stereocenters. The maximum atomic E-state index is 12.9. The maximum Gasteiger partial charge on any atom is 0.328 e. The minimum Gasteiger partial charge on any atom is -0.467 e. The van der Waals surface area contributed by atoms with Gasteiger partial charge in [0.05, 0.1) is 23.8 Å². The highest BCUT2D eigenvalue weighted by Gasteiger charge is 2.42. The zero-order chi connectivity index (χ0) is 21.3. The van der Waals surface area contributed by atoms with Crippen LogP contribution in [0.25, 0.3) is 0 Å². The lowest BCUT2D eigenvalue weighted by molar-refractivity contribution is -0.152. The summed E-state index contributed by atoms with van der Waals surface area (Å²) in [5, 5.41) is 3.05. The Morgan fingerprint density at radius 2 is 1.93 bits per heavy atom. The topological polar surface area (TPSA) is 84.9 Å². The van der Waals surface area contributed by atoms with Gasteiger partial charge in [-0.15, -0.1) is 0 Å². The number of hydrogen-bond donors (Lipinski definition) is 3. The Hall–Kier alpha value is -0.930. The molecule has 1 rings (SSSR count). The number of thiol groups is 2. The summed E-state index contributed by atoms with van der Waals surface area (Å²) >= 11 is 9.21. The van der Waals surface area contributed by atoms with Gasteiger partial charge in [0.2, 0.25) is 5.91 Å². The molecule has 1 aliphatic heterocycles. The van der Waals surface area contributed by atoms with Crippen molar-refractivity contribution in [3.63, 3.8) is 0 Å². The van der Waals surface area contributed by atoms with Crippen LogP contribution in [-0.2, 0) is 23.9 Å². The van der Waals surface area contributed by atoms with Crippen LogP contribution in [0.3, 0.4) is 0 Å². The summed E-state index contributed by atoms with van der Waals surface area (Å²) in [6.45, 7) is 6.20. The van der Waals surface area contributed by atoms with E-state index in [2.05, 4.69) is 37.5 Å².